The van der Waals surface area contributed by atoms with E-state index in [4.69, 9.17) is 26.4 Å². The number of ether oxygens (including phenoxy) is 3. The zero-order valence-corrected chi connectivity index (χ0v) is 20.7. The van der Waals surface area contributed by atoms with Crippen molar-refractivity contribution in [2.45, 2.75) is 39.4 Å². The largest absolute Gasteiger partial charge is 0.492 e. The Morgan fingerprint density at radius 1 is 1.09 bits per heavy atom. The van der Waals surface area contributed by atoms with Gasteiger partial charge in [0.2, 0.25) is 0 Å². The number of anilines is 1. The highest BCUT2D eigenvalue weighted by molar-refractivity contribution is 7.80. The standard InChI is InChI=1S/C27H28FN3O3S/c1-4-32-25-8-6-5-7-22(25)29-26(35)31-30-23-16-27(2,3)34-24-14-13-20(15-21(23)24)33-17-18-9-11-19(28)12-10-18/h5-15H,4,16-17H2,1-3H3,(H2,29,31,35). The molecule has 0 saturated carbocycles. The molecule has 3 aromatic carbocycles. The minimum Gasteiger partial charge on any atom is -0.492 e. The van der Waals surface area contributed by atoms with Gasteiger partial charge in [0.1, 0.15) is 35.3 Å². The lowest BCUT2D eigenvalue weighted by Crippen LogP contribution is -2.37. The Kier molecular flexibility index (Phi) is 7.51. The van der Waals surface area contributed by atoms with Gasteiger partial charge in [-0.1, -0.05) is 24.3 Å². The summed E-state index contributed by atoms with van der Waals surface area (Å²) in [7, 11) is 0. The van der Waals surface area contributed by atoms with Crippen LogP contribution in [0.4, 0.5) is 10.1 Å². The number of rotatable bonds is 7. The topological polar surface area (TPSA) is 64.1 Å². The molecule has 35 heavy (non-hydrogen) atoms. The van der Waals surface area contributed by atoms with Gasteiger partial charge >= 0.3 is 0 Å². The fraction of sp³-hybridized carbons (Fsp3) is 0.259. The van der Waals surface area contributed by atoms with E-state index in [1.54, 1.807) is 12.1 Å². The van der Waals surface area contributed by atoms with E-state index in [1.807, 2.05) is 63.2 Å². The van der Waals surface area contributed by atoms with E-state index in [0.717, 1.165) is 28.3 Å². The van der Waals surface area contributed by atoms with E-state index in [0.29, 0.717) is 36.2 Å². The molecule has 4 rings (SSSR count). The van der Waals surface area contributed by atoms with Crippen LogP contribution in [-0.4, -0.2) is 23.0 Å². The van der Waals surface area contributed by atoms with Crippen LogP contribution in [0, 0.1) is 5.82 Å². The van der Waals surface area contributed by atoms with E-state index in [-0.39, 0.29) is 5.82 Å². The van der Waals surface area contributed by atoms with Gasteiger partial charge in [-0.2, -0.15) is 5.10 Å². The number of benzene rings is 3. The van der Waals surface area contributed by atoms with Crippen molar-refractivity contribution in [2.75, 3.05) is 11.9 Å². The minimum atomic E-state index is -0.430. The molecule has 0 unspecified atom stereocenters. The molecule has 0 bridgehead atoms. The maximum atomic E-state index is 13.2. The minimum absolute atomic E-state index is 0.274. The Hall–Kier alpha value is -3.65. The third kappa shape index (κ3) is 6.48. The number of para-hydroxylation sites is 2. The monoisotopic (exact) mass is 493 g/mol. The number of nitrogens with zero attached hydrogens (tertiary/aromatic N) is 1. The summed E-state index contributed by atoms with van der Waals surface area (Å²) in [6, 6.07) is 19.5. The molecule has 0 aromatic heterocycles. The first-order valence-corrected chi connectivity index (χ1v) is 11.8. The van der Waals surface area contributed by atoms with Crippen molar-refractivity contribution in [1.29, 1.82) is 0 Å². The average Bonchev–Trinajstić information content (AvgIpc) is 2.83. The average molecular weight is 494 g/mol. The van der Waals surface area contributed by atoms with E-state index in [1.165, 1.54) is 12.1 Å². The highest BCUT2D eigenvalue weighted by Crippen LogP contribution is 2.35. The van der Waals surface area contributed by atoms with Crippen LogP contribution in [0.25, 0.3) is 0 Å². The first-order chi connectivity index (χ1) is 16.8. The molecule has 0 fully saturated rings. The predicted octanol–water partition coefficient (Wildman–Crippen LogP) is 6.06. The molecule has 2 N–H and O–H groups in total. The van der Waals surface area contributed by atoms with Crippen LogP contribution < -0.4 is 25.0 Å². The molecule has 8 heteroatoms. The molecular formula is C27H28FN3O3S. The van der Waals surface area contributed by atoms with Crippen molar-refractivity contribution in [3.63, 3.8) is 0 Å². The third-order valence-electron chi connectivity index (χ3n) is 5.29. The van der Waals surface area contributed by atoms with Gasteiger partial charge in [-0.3, -0.25) is 5.43 Å². The number of thiocarbonyl (C=S) groups is 1. The van der Waals surface area contributed by atoms with E-state index in [9.17, 15) is 4.39 Å². The molecule has 0 aliphatic carbocycles. The quantitative estimate of drug-likeness (QED) is 0.308. The number of hydrazone groups is 1. The molecule has 0 radical (unpaired) electrons. The Morgan fingerprint density at radius 3 is 2.63 bits per heavy atom. The Balaban J connectivity index is 1.50. The normalized spacial score (nSPS) is 15.0. The number of halogens is 1. The Bertz CT molecular complexity index is 1230. The molecule has 1 aliphatic heterocycles. The van der Waals surface area contributed by atoms with E-state index in [2.05, 4.69) is 15.8 Å². The molecule has 3 aromatic rings. The summed E-state index contributed by atoms with van der Waals surface area (Å²) in [6.07, 6.45) is 0.576. The smallest absolute Gasteiger partial charge is 0.191 e. The van der Waals surface area contributed by atoms with Gasteiger partial charge in [-0.15, -0.1) is 0 Å². The molecule has 182 valence electrons. The molecule has 0 saturated heterocycles. The predicted molar refractivity (Wildman–Crippen MR) is 140 cm³/mol. The zero-order chi connectivity index (χ0) is 24.8. The summed E-state index contributed by atoms with van der Waals surface area (Å²) in [5.41, 5.74) is 5.78. The van der Waals surface area contributed by atoms with Crippen molar-refractivity contribution in [2.24, 2.45) is 5.10 Å². The van der Waals surface area contributed by atoms with Crippen molar-refractivity contribution < 1.29 is 18.6 Å². The van der Waals surface area contributed by atoms with Crippen LogP contribution in [0.2, 0.25) is 0 Å². The number of hydrogen-bond donors (Lipinski definition) is 2. The lowest BCUT2D eigenvalue weighted by Gasteiger charge is -2.33. The van der Waals surface area contributed by atoms with Gasteiger partial charge in [-0.05, 0) is 81.0 Å². The number of hydrogen-bond acceptors (Lipinski definition) is 5. The molecule has 0 atom stereocenters. The van der Waals surface area contributed by atoms with Gasteiger partial charge in [-0.25, -0.2) is 4.39 Å². The molecular weight excluding hydrogens is 465 g/mol. The first kappa shape index (κ1) is 24.5. The van der Waals surface area contributed by atoms with Gasteiger partial charge in [0.05, 0.1) is 18.0 Å². The summed E-state index contributed by atoms with van der Waals surface area (Å²) in [5.74, 6) is 1.82. The van der Waals surface area contributed by atoms with Crippen LogP contribution in [-0.2, 0) is 6.61 Å². The maximum Gasteiger partial charge on any atom is 0.191 e. The number of nitrogens with one attached hydrogen (secondary N) is 2. The van der Waals surface area contributed by atoms with Gasteiger partial charge < -0.3 is 19.5 Å². The second-order valence-electron chi connectivity index (χ2n) is 8.67. The maximum absolute atomic E-state index is 13.2. The van der Waals surface area contributed by atoms with Crippen LogP contribution in [0.1, 0.15) is 38.3 Å². The summed E-state index contributed by atoms with van der Waals surface area (Å²) in [6.45, 7) is 6.84. The van der Waals surface area contributed by atoms with Crippen molar-refractivity contribution >= 4 is 28.7 Å². The first-order valence-electron chi connectivity index (χ1n) is 11.4. The second-order valence-corrected chi connectivity index (χ2v) is 9.07. The Labute approximate surface area is 210 Å². The van der Waals surface area contributed by atoms with Gasteiger partial charge in [0.25, 0.3) is 0 Å². The fourth-order valence-electron chi connectivity index (χ4n) is 3.71. The van der Waals surface area contributed by atoms with E-state index < -0.39 is 5.60 Å². The molecule has 0 amide bonds. The lowest BCUT2D eigenvalue weighted by molar-refractivity contribution is 0.111. The summed E-state index contributed by atoms with van der Waals surface area (Å²) < 4.78 is 30.9. The van der Waals surface area contributed by atoms with Gasteiger partial charge in [0, 0.05) is 12.0 Å². The van der Waals surface area contributed by atoms with Crippen molar-refractivity contribution in [3.8, 4) is 17.2 Å². The van der Waals surface area contributed by atoms with Crippen molar-refractivity contribution in [1.82, 2.24) is 5.43 Å². The van der Waals surface area contributed by atoms with E-state index >= 15 is 0 Å². The number of fused-ring (bicyclic) bond motifs is 1. The van der Waals surface area contributed by atoms with Gasteiger partial charge in [0.15, 0.2) is 5.11 Å². The highest BCUT2D eigenvalue weighted by atomic mass is 32.1. The summed E-state index contributed by atoms with van der Waals surface area (Å²) >= 11 is 5.47. The summed E-state index contributed by atoms with van der Waals surface area (Å²) in [4.78, 5) is 0. The molecule has 6 nitrogen and oxygen atoms in total. The van der Waals surface area contributed by atoms with Crippen LogP contribution in [0.3, 0.4) is 0 Å². The van der Waals surface area contributed by atoms with Crippen LogP contribution in [0.15, 0.2) is 71.8 Å². The molecule has 0 spiro atoms. The highest BCUT2D eigenvalue weighted by Gasteiger charge is 2.31. The molecule has 1 heterocycles. The third-order valence-corrected chi connectivity index (χ3v) is 5.48. The Morgan fingerprint density at radius 2 is 1.86 bits per heavy atom. The van der Waals surface area contributed by atoms with Crippen LogP contribution >= 0.6 is 12.2 Å². The fourth-order valence-corrected chi connectivity index (χ4v) is 3.87. The van der Waals surface area contributed by atoms with Crippen molar-refractivity contribution in [3.05, 3.63) is 83.7 Å². The van der Waals surface area contributed by atoms with Crippen LogP contribution in [0.5, 0.6) is 17.2 Å². The summed E-state index contributed by atoms with van der Waals surface area (Å²) in [5, 5.41) is 8.09. The lowest BCUT2D eigenvalue weighted by atomic mass is 9.92. The second kappa shape index (κ2) is 10.7. The molecule has 1 aliphatic rings. The zero-order valence-electron chi connectivity index (χ0n) is 19.9. The SMILES string of the molecule is CCOc1ccccc1NC(=S)NN=C1CC(C)(C)Oc2ccc(OCc3ccc(F)cc3)cc21.